The molecule has 0 saturated carbocycles. The molecule has 1 aromatic heterocycles. The maximum absolute atomic E-state index is 11.5. The van der Waals surface area contributed by atoms with Gasteiger partial charge in [-0.25, -0.2) is 4.79 Å². The standard InChI is InChI=1S/C13H13BrN2O2S/c1-18-13(17)9-3-2-4-10(12(9)15)16-7-8-5-6-11(14)19-8/h2-6,16H,7,15H2,1H3. The Bertz CT molecular complexity index is 598. The summed E-state index contributed by atoms with van der Waals surface area (Å²) in [5.74, 6) is -0.431. The summed E-state index contributed by atoms with van der Waals surface area (Å²) in [6.45, 7) is 0.658. The molecule has 0 bridgehead atoms. The minimum atomic E-state index is -0.431. The summed E-state index contributed by atoms with van der Waals surface area (Å²) in [6, 6.07) is 9.28. The smallest absolute Gasteiger partial charge is 0.340 e. The lowest BCUT2D eigenvalue weighted by Gasteiger charge is -2.11. The maximum Gasteiger partial charge on any atom is 0.340 e. The first-order valence-corrected chi connectivity index (χ1v) is 7.17. The van der Waals surface area contributed by atoms with E-state index in [2.05, 4.69) is 26.0 Å². The molecule has 2 aromatic rings. The van der Waals surface area contributed by atoms with Crippen molar-refractivity contribution in [2.24, 2.45) is 0 Å². The fourth-order valence-corrected chi connectivity index (χ4v) is 3.06. The molecule has 0 fully saturated rings. The Morgan fingerprint density at radius 3 is 2.84 bits per heavy atom. The maximum atomic E-state index is 11.5. The van der Waals surface area contributed by atoms with Gasteiger partial charge in [0.05, 0.1) is 27.8 Å². The number of methoxy groups -OCH3 is 1. The van der Waals surface area contributed by atoms with Crippen LogP contribution in [-0.4, -0.2) is 13.1 Å². The summed E-state index contributed by atoms with van der Waals surface area (Å²) in [6.07, 6.45) is 0. The Hall–Kier alpha value is -1.53. The van der Waals surface area contributed by atoms with E-state index in [1.807, 2.05) is 18.2 Å². The first-order valence-electron chi connectivity index (χ1n) is 5.56. The molecule has 100 valence electrons. The van der Waals surface area contributed by atoms with E-state index in [0.717, 1.165) is 9.47 Å². The fraction of sp³-hybridized carbons (Fsp3) is 0.154. The van der Waals surface area contributed by atoms with Crippen LogP contribution in [0.15, 0.2) is 34.1 Å². The van der Waals surface area contributed by atoms with Crippen molar-refractivity contribution in [1.29, 1.82) is 0 Å². The van der Waals surface area contributed by atoms with Crippen LogP contribution in [0.4, 0.5) is 11.4 Å². The minimum Gasteiger partial charge on any atom is -0.465 e. The van der Waals surface area contributed by atoms with Crippen LogP contribution >= 0.6 is 27.3 Å². The number of nitrogens with two attached hydrogens (primary N) is 1. The highest BCUT2D eigenvalue weighted by Gasteiger charge is 2.12. The summed E-state index contributed by atoms with van der Waals surface area (Å²) in [7, 11) is 1.34. The van der Waals surface area contributed by atoms with E-state index in [-0.39, 0.29) is 0 Å². The average molecular weight is 341 g/mol. The van der Waals surface area contributed by atoms with Gasteiger partial charge in [-0.2, -0.15) is 0 Å². The van der Waals surface area contributed by atoms with Crippen molar-refractivity contribution in [3.05, 3.63) is 44.6 Å². The number of para-hydroxylation sites is 1. The topological polar surface area (TPSA) is 64.3 Å². The normalized spacial score (nSPS) is 10.2. The number of carbonyl (C=O) groups excluding carboxylic acids is 1. The third-order valence-corrected chi connectivity index (χ3v) is 4.22. The molecule has 2 rings (SSSR count). The third-order valence-electron chi connectivity index (χ3n) is 2.59. The van der Waals surface area contributed by atoms with Gasteiger partial charge >= 0.3 is 5.97 Å². The molecule has 19 heavy (non-hydrogen) atoms. The molecule has 1 heterocycles. The SMILES string of the molecule is COC(=O)c1cccc(NCc2ccc(Br)s2)c1N. The molecule has 0 aliphatic heterocycles. The quantitative estimate of drug-likeness (QED) is 0.660. The molecule has 0 aliphatic rings. The average Bonchev–Trinajstić information content (AvgIpc) is 2.82. The monoisotopic (exact) mass is 340 g/mol. The number of nitrogens with one attached hydrogen (secondary N) is 1. The molecule has 6 heteroatoms. The van der Waals surface area contributed by atoms with Crippen molar-refractivity contribution in [3.63, 3.8) is 0 Å². The summed E-state index contributed by atoms with van der Waals surface area (Å²) >= 11 is 5.07. The van der Waals surface area contributed by atoms with Crippen molar-refractivity contribution in [2.45, 2.75) is 6.54 Å². The van der Waals surface area contributed by atoms with Crippen molar-refractivity contribution in [1.82, 2.24) is 0 Å². The lowest BCUT2D eigenvalue weighted by Crippen LogP contribution is -2.08. The number of esters is 1. The van der Waals surface area contributed by atoms with Crippen LogP contribution in [0, 0.1) is 0 Å². The van der Waals surface area contributed by atoms with Crippen LogP contribution in [0.25, 0.3) is 0 Å². The van der Waals surface area contributed by atoms with Gasteiger partial charge in [-0.1, -0.05) is 6.07 Å². The zero-order valence-electron chi connectivity index (χ0n) is 10.3. The number of nitrogen functional groups attached to an aromatic ring is 1. The number of ether oxygens (including phenoxy) is 1. The van der Waals surface area contributed by atoms with Crippen molar-refractivity contribution < 1.29 is 9.53 Å². The predicted octanol–water partition coefficient (Wildman–Crippen LogP) is 3.49. The lowest BCUT2D eigenvalue weighted by atomic mass is 10.1. The van der Waals surface area contributed by atoms with Crippen LogP contribution in [0.2, 0.25) is 0 Å². The minimum absolute atomic E-state index is 0.375. The third kappa shape index (κ3) is 3.27. The second-order valence-electron chi connectivity index (χ2n) is 3.82. The molecule has 4 nitrogen and oxygen atoms in total. The van der Waals surface area contributed by atoms with E-state index in [1.165, 1.54) is 12.0 Å². The van der Waals surface area contributed by atoms with Crippen LogP contribution < -0.4 is 11.1 Å². The highest BCUT2D eigenvalue weighted by atomic mass is 79.9. The summed E-state index contributed by atoms with van der Waals surface area (Å²) in [5.41, 5.74) is 7.47. The molecule has 0 amide bonds. The molecule has 1 aromatic carbocycles. The summed E-state index contributed by atoms with van der Waals surface area (Å²) in [4.78, 5) is 12.7. The fourth-order valence-electron chi connectivity index (χ4n) is 1.64. The molecule has 0 aliphatic carbocycles. The molecule has 0 atom stereocenters. The molecule has 3 N–H and O–H groups in total. The molecule has 0 saturated heterocycles. The Morgan fingerprint density at radius 2 is 2.21 bits per heavy atom. The number of rotatable bonds is 4. The highest BCUT2D eigenvalue weighted by Crippen LogP contribution is 2.26. The van der Waals surface area contributed by atoms with E-state index >= 15 is 0 Å². The number of benzene rings is 1. The van der Waals surface area contributed by atoms with Crippen LogP contribution in [0.3, 0.4) is 0 Å². The number of halogens is 1. The Balaban J connectivity index is 2.14. The predicted molar refractivity (Wildman–Crippen MR) is 81.5 cm³/mol. The second kappa shape index (κ2) is 6.08. The van der Waals surface area contributed by atoms with Crippen LogP contribution in [-0.2, 0) is 11.3 Å². The number of anilines is 2. The number of hydrogen-bond donors (Lipinski definition) is 2. The van der Waals surface area contributed by atoms with E-state index < -0.39 is 5.97 Å². The zero-order valence-corrected chi connectivity index (χ0v) is 12.7. The zero-order chi connectivity index (χ0) is 13.8. The highest BCUT2D eigenvalue weighted by molar-refractivity contribution is 9.11. The van der Waals surface area contributed by atoms with E-state index in [0.29, 0.717) is 17.8 Å². The molecule has 0 unspecified atom stereocenters. The largest absolute Gasteiger partial charge is 0.465 e. The molecular weight excluding hydrogens is 328 g/mol. The molecular formula is C13H13BrN2O2S. The first-order chi connectivity index (χ1) is 9.11. The van der Waals surface area contributed by atoms with Crippen molar-refractivity contribution in [3.8, 4) is 0 Å². The van der Waals surface area contributed by atoms with E-state index in [4.69, 9.17) is 5.73 Å². The molecule has 0 spiro atoms. The van der Waals surface area contributed by atoms with Gasteiger partial charge in [-0.05, 0) is 40.2 Å². The van der Waals surface area contributed by atoms with Gasteiger partial charge in [-0.3, -0.25) is 0 Å². The number of carbonyl (C=O) groups is 1. The van der Waals surface area contributed by atoms with Crippen molar-refractivity contribution >= 4 is 44.6 Å². The number of thiophene rings is 1. The van der Waals surface area contributed by atoms with Gasteiger partial charge in [0.1, 0.15) is 0 Å². The van der Waals surface area contributed by atoms with Gasteiger partial charge in [0.2, 0.25) is 0 Å². The lowest BCUT2D eigenvalue weighted by molar-refractivity contribution is 0.0602. The number of hydrogen-bond acceptors (Lipinski definition) is 5. The molecule has 0 radical (unpaired) electrons. The van der Waals surface area contributed by atoms with Crippen LogP contribution in [0.1, 0.15) is 15.2 Å². The first kappa shape index (κ1) is 13.9. The van der Waals surface area contributed by atoms with Gasteiger partial charge < -0.3 is 15.8 Å². The van der Waals surface area contributed by atoms with Gasteiger partial charge in [-0.15, -0.1) is 11.3 Å². The van der Waals surface area contributed by atoms with Crippen molar-refractivity contribution in [2.75, 3.05) is 18.2 Å². The second-order valence-corrected chi connectivity index (χ2v) is 6.37. The Labute approximate surface area is 123 Å². The Kier molecular flexibility index (Phi) is 4.44. The van der Waals surface area contributed by atoms with Gasteiger partial charge in [0, 0.05) is 11.4 Å². The van der Waals surface area contributed by atoms with Crippen LogP contribution in [0.5, 0.6) is 0 Å². The summed E-state index contributed by atoms with van der Waals surface area (Å²) in [5, 5.41) is 3.22. The summed E-state index contributed by atoms with van der Waals surface area (Å²) < 4.78 is 5.77. The van der Waals surface area contributed by atoms with E-state index in [1.54, 1.807) is 23.5 Å². The van der Waals surface area contributed by atoms with Gasteiger partial charge in [0.15, 0.2) is 0 Å². The van der Waals surface area contributed by atoms with Gasteiger partial charge in [0.25, 0.3) is 0 Å². The Morgan fingerprint density at radius 1 is 1.42 bits per heavy atom. The van der Waals surface area contributed by atoms with E-state index in [9.17, 15) is 4.79 Å².